The van der Waals surface area contributed by atoms with Gasteiger partial charge in [-0.15, -0.1) is 0 Å². The van der Waals surface area contributed by atoms with Crippen LogP contribution in [0.5, 0.6) is 0 Å². The lowest BCUT2D eigenvalue weighted by atomic mass is 10.1. The number of H-pyrrole nitrogens is 1. The van der Waals surface area contributed by atoms with E-state index in [0.717, 1.165) is 31.5 Å². The number of fused-ring (bicyclic) bond motifs is 1. The molecule has 0 bridgehead atoms. The lowest BCUT2D eigenvalue weighted by Crippen LogP contribution is -2.36. The number of aromatic nitrogens is 4. The summed E-state index contributed by atoms with van der Waals surface area (Å²) < 4.78 is 1.35. The highest BCUT2D eigenvalue weighted by Crippen LogP contribution is 2.13. The van der Waals surface area contributed by atoms with Crippen LogP contribution in [0.15, 0.2) is 29.1 Å². The maximum atomic E-state index is 13.0. The minimum atomic E-state index is -0.195. The number of hydrogen-bond acceptors (Lipinski definition) is 5. The maximum absolute atomic E-state index is 13.0. The van der Waals surface area contributed by atoms with E-state index in [1.165, 1.54) is 16.5 Å². The number of hydrogen-bond donors (Lipinski definition) is 2. The van der Waals surface area contributed by atoms with Gasteiger partial charge in [0.05, 0.1) is 5.69 Å². The largest absolute Gasteiger partial charge is 0.351 e. The Hall–Kier alpha value is -3.16. The number of anilines is 1. The van der Waals surface area contributed by atoms with Gasteiger partial charge < -0.3 is 10.2 Å². The number of piperidine rings is 1. The van der Waals surface area contributed by atoms with Crippen LogP contribution in [-0.4, -0.2) is 43.5 Å². The van der Waals surface area contributed by atoms with Crippen molar-refractivity contribution >= 4 is 17.6 Å². The zero-order valence-corrected chi connectivity index (χ0v) is 17.6. The molecule has 1 aliphatic heterocycles. The molecule has 4 rings (SSSR count). The summed E-state index contributed by atoms with van der Waals surface area (Å²) in [5, 5.41) is 6.19. The number of rotatable bonds is 6. The van der Waals surface area contributed by atoms with Gasteiger partial charge in [-0.2, -0.15) is 9.50 Å². The Morgan fingerprint density at radius 1 is 1.10 bits per heavy atom. The van der Waals surface area contributed by atoms with Crippen molar-refractivity contribution in [3.05, 3.63) is 57.0 Å². The molecule has 1 aliphatic rings. The van der Waals surface area contributed by atoms with Crippen molar-refractivity contribution in [2.24, 2.45) is 0 Å². The lowest BCUT2D eigenvalue weighted by Gasteiger charge is -2.26. The number of benzene rings is 1. The number of aryl methyl sites for hydroxylation is 2. The van der Waals surface area contributed by atoms with E-state index in [9.17, 15) is 9.59 Å². The van der Waals surface area contributed by atoms with E-state index in [0.29, 0.717) is 42.4 Å². The molecular formula is C22H28N6O2. The van der Waals surface area contributed by atoms with Gasteiger partial charge in [0.25, 0.3) is 11.3 Å². The molecule has 0 spiro atoms. The van der Waals surface area contributed by atoms with E-state index < -0.39 is 0 Å². The Bertz CT molecular complexity index is 1090. The number of nitrogens with one attached hydrogen (secondary N) is 2. The monoisotopic (exact) mass is 408 g/mol. The molecule has 158 valence electrons. The van der Waals surface area contributed by atoms with Crippen molar-refractivity contribution in [1.82, 2.24) is 24.5 Å². The first kappa shape index (κ1) is 20.1. The zero-order chi connectivity index (χ0) is 21.1. The highest BCUT2D eigenvalue weighted by atomic mass is 16.2. The molecule has 1 fully saturated rings. The van der Waals surface area contributed by atoms with Gasteiger partial charge in [-0.1, -0.05) is 29.8 Å². The van der Waals surface area contributed by atoms with Gasteiger partial charge in [0.1, 0.15) is 0 Å². The van der Waals surface area contributed by atoms with Crippen LogP contribution < -0.4 is 10.9 Å². The summed E-state index contributed by atoms with van der Waals surface area (Å²) in [6.07, 6.45) is 4.03. The van der Waals surface area contributed by atoms with Crippen molar-refractivity contribution < 1.29 is 4.79 Å². The standard InChI is InChI=1S/C22H28N6O2/c1-15-6-8-17(9-7-15)14-23-21-25-22-24-16(2)18(20(30)28(22)26-21)10-11-19(29)27-12-4-3-5-13-27/h6-9H,3-5,10-14H2,1-2H3,(H2,23,24,25,26). The minimum absolute atomic E-state index is 0.115. The van der Waals surface area contributed by atoms with Crippen molar-refractivity contribution in [2.45, 2.75) is 52.5 Å². The van der Waals surface area contributed by atoms with Crippen molar-refractivity contribution in [3.8, 4) is 0 Å². The van der Waals surface area contributed by atoms with Crippen LogP contribution >= 0.6 is 0 Å². The van der Waals surface area contributed by atoms with Crippen LogP contribution in [0, 0.1) is 13.8 Å². The van der Waals surface area contributed by atoms with Gasteiger partial charge >= 0.3 is 0 Å². The summed E-state index contributed by atoms with van der Waals surface area (Å²) >= 11 is 0. The number of carbonyl (C=O) groups is 1. The molecule has 0 aliphatic carbocycles. The summed E-state index contributed by atoms with van der Waals surface area (Å²) in [4.78, 5) is 36.2. The van der Waals surface area contributed by atoms with Crippen LogP contribution in [-0.2, 0) is 17.8 Å². The molecular weight excluding hydrogens is 380 g/mol. The van der Waals surface area contributed by atoms with Crippen LogP contribution in [0.2, 0.25) is 0 Å². The number of amides is 1. The molecule has 0 atom stereocenters. The number of aromatic amines is 1. The Morgan fingerprint density at radius 2 is 1.83 bits per heavy atom. The molecule has 3 heterocycles. The summed E-state index contributed by atoms with van der Waals surface area (Å²) in [7, 11) is 0. The van der Waals surface area contributed by atoms with Gasteiger partial charge in [-0.05, 0) is 45.1 Å². The molecule has 1 saturated heterocycles. The summed E-state index contributed by atoms with van der Waals surface area (Å²) in [5.41, 5.74) is 3.32. The van der Waals surface area contributed by atoms with Crippen molar-refractivity contribution in [1.29, 1.82) is 0 Å². The highest BCUT2D eigenvalue weighted by molar-refractivity contribution is 5.76. The van der Waals surface area contributed by atoms with E-state index in [4.69, 9.17) is 0 Å². The van der Waals surface area contributed by atoms with Gasteiger partial charge in [0.2, 0.25) is 11.9 Å². The first-order valence-corrected chi connectivity index (χ1v) is 10.6. The van der Waals surface area contributed by atoms with E-state index in [1.54, 1.807) is 6.92 Å². The topological polar surface area (TPSA) is 95.4 Å². The van der Waals surface area contributed by atoms with E-state index in [1.807, 2.05) is 4.90 Å². The summed E-state index contributed by atoms with van der Waals surface area (Å²) in [6, 6.07) is 8.22. The van der Waals surface area contributed by atoms with Gasteiger partial charge in [-0.3, -0.25) is 14.7 Å². The third-order valence-corrected chi connectivity index (χ3v) is 5.67. The number of likely N-dealkylation sites (tertiary alicyclic amines) is 1. The molecule has 1 amide bonds. The fourth-order valence-corrected chi connectivity index (χ4v) is 3.85. The van der Waals surface area contributed by atoms with Gasteiger partial charge in [-0.25, -0.2) is 4.98 Å². The molecule has 8 nitrogen and oxygen atoms in total. The normalized spacial score (nSPS) is 14.3. The molecule has 1 aromatic carbocycles. The summed E-state index contributed by atoms with van der Waals surface area (Å²) in [6.45, 7) is 6.09. The minimum Gasteiger partial charge on any atom is -0.351 e. The predicted octanol–water partition coefficient (Wildman–Crippen LogP) is 2.59. The molecule has 2 aromatic heterocycles. The predicted molar refractivity (Wildman–Crippen MR) is 116 cm³/mol. The molecule has 30 heavy (non-hydrogen) atoms. The second-order valence-corrected chi connectivity index (χ2v) is 7.97. The first-order valence-electron chi connectivity index (χ1n) is 10.6. The Balaban J connectivity index is 1.47. The van der Waals surface area contributed by atoms with Crippen LogP contribution in [0.3, 0.4) is 0 Å². The van der Waals surface area contributed by atoms with Gasteiger partial charge in [0.15, 0.2) is 0 Å². The Kier molecular flexibility index (Phi) is 5.83. The third-order valence-electron chi connectivity index (χ3n) is 5.67. The van der Waals surface area contributed by atoms with Gasteiger partial charge in [0, 0.05) is 31.6 Å². The molecule has 0 saturated carbocycles. The molecule has 0 unspecified atom stereocenters. The fourth-order valence-electron chi connectivity index (χ4n) is 3.85. The summed E-state index contributed by atoms with van der Waals surface area (Å²) in [5.74, 6) is 0.930. The van der Waals surface area contributed by atoms with Crippen LogP contribution in [0.25, 0.3) is 5.78 Å². The fraction of sp³-hybridized carbons (Fsp3) is 0.455. The number of carbonyl (C=O) groups excluding carboxylic acids is 1. The Morgan fingerprint density at radius 3 is 2.57 bits per heavy atom. The van der Waals surface area contributed by atoms with Crippen molar-refractivity contribution in [2.75, 3.05) is 18.4 Å². The van der Waals surface area contributed by atoms with Crippen molar-refractivity contribution in [3.63, 3.8) is 0 Å². The van der Waals surface area contributed by atoms with Crippen LogP contribution in [0.1, 0.15) is 48.1 Å². The smallest absolute Gasteiger partial charge is 0.277 e. The zero-order valence-electron chi connectivity index (χ0n) is 17.6. The van der Waals surface area contributed by atoms with E-state index in [-0.39, 0.29) is 11.5 Å². The lowest BCUT2D eigenvalue weighted by molar-refractivity contribution is -0.132. The van der Waals surface area contributed by atoms with E-state index >= 15 is 0 Å². The molecule has 0 radical (unpaired) electrons. The molecule has 2 N–H and O–H groups in total. The second kappa shape index (κ2) is 8.69. The average Bonchev–Trinajstić information content (AvgIpc) is 3.16. The number of nitrogens with zero attached hydrogens (tertiary/aromatic N) is 4. The second-order valence-electron chi connectivity index (χ2n) is 7.97. The van der Waals surface area contributed by atoms with E-state index in [2.05, 4.69) is 51.6 Å². The molecule has 8 heteroatoms. The first-order chi connectivity index (χ1) is 14.5. The average molecular weight is 409 g/mol. The highest BCUT2D eigenvalue weighted by Gasteiger charge is 2.19. The van der Waals surface area contributed by atoms with Crippen LogP contribution in [0.4, 0.5) is 5.95 Å². The third kappa shape index (κ3) is 4.37. The SMILES string of the molecule is Cc1ccc(CNc2nc3nc(C)c(CCC(=O)N4CCCCC4)c(=O)n3[nH]2)cc1. The maximum Gasteiger partial charge on any atom is 0.277 e. The quantitative estimate of drug-likeness (QED) is 0.654. The Labute approximate surface area is 175 Å². The molecule has 3 aromatic rings.